The van der Waals surface area contributed by atoms with Gasteiger partial charge in [0, 0.05) is 20.1 Å². The largest absolute Gasteiger partial charge is 0.354 e. The number of benzene rings is 1. The van der Waals surface area contributed by atoms with E-state index in [1.54, 1.807) is 12.3 Å². The normalized spacial score (nSPS) is 10.4. The van der Waals surface area contributed by atoms with Crippen LogP contribution in [0.1, 0.15) is 12.5 Å². The second-order valence-electron chi connectivity index (χ2n) is 4.38. The van der Waals surface area contributed by atoms with E-state index >= 15 is 0 Å². The maximum Gasteiger partial charge on any atom is 0.224 e. The molecule has 106 valence electrons. The topological polar surface area (TPSA) is 41.1 Å². The van der Waals surface area contributed by atoms with E-state index in [0.717, 1.165) is 12.1 Å². The van der Waals surface area contributed by atoms with Crippen LogP contribution < -0.4 is 10.2 Å². The summed E-state index contributed by atoms with van der Waals surface area (Å²) in [6.45, 7) is 3.21. The molecular formula is C14H16ClFN4. The van der Waals surface area contributed by atoms with E-state index in [0.29, 0.717) is 23.3 Å². The molecule has 1 heterocycles. The van der Waals surface area contributed by atoms with Gasteiger partial charge in [-0.1, -0.05) is 23.7 Å². The Morgan fingerprint density at radius 2 is 2.20 bits per heavy atom. The van der Waals surface area contributed by atoms with Crippen molar-refractivity contribution in [1.82, 2.24) is 9.97 Å². The van der Waals surface area contributed by atoms with Crippen LogP contribution in [0.15, 0.2) is 30.5 Å². The quantitative estimate of drug-likeness (QED) is 0.918. The zero-order valence-electron chi connectivity index (χ0n) is 11.4. The van der Waals surface area contributed by atoms with E-state index in [9.17, 15) is 4.39 Å². The zero-order valence-corrected chi connectivity index (χ0v) is 12.2. The van der Waals surface area contributed by atoms with Crippen molar-refractivity contribution in [2.45, 2.75) is 13.5 Å². The highest BCUT2D eigenvalue weighted by Crippen LogP contribution is 2.24. The maximum atomic E-state index is 13.2. The van der Waals surface area contributed by atoms with Gasteiger partial charge in [0.15, 0.2) is 5.82 Å². The molecule has 0 aliphatic carbocycles. The minimum absolute atomic E-state index is 0.252. The van der Waals surface area contributed by atoms with Crippen LogP contribution >= 0.6 is 11.6 Å². The first-order valence-corrected chi connectivity index (χ1v) is 6.70. The molecule has 2 aromatic rings. The molecule has 20 heavy (non-hydrogen) atoms. The highest BCUT2D eigenvalue weighted by molar-refractivity contribution is 6.32. The van der Waals surface area contributed by atoms with Gasteiger partial charge in [-0.05, 0) is 24.6 Å². The van der Waals surface area contributed by atoms with Crippen molar-refractivity contribution in [3.05, 3.63) is 46.9 Å². The smallest absolute Gasteiger partial charge is 0.224 e. The van der Waals surface area contributed by atoms with Crippen LogP contribution in [0, 0.1) is 5.82 Å². The van der Waals surface area contributed by atoms with Gasteiger partial charge in [0.2, 0.25) is 5.95 Å². The number of halogens is 2. The summed E-state index contributed by atoms with van der Waals surface area (Å²) < 4.78 is 13.2. The zero-order chi connectivity index (χ0) is 14.5. The van der Waals surface area contributed by atoms with Gasteiger partial charge in [0.25, 0.3) is 0 Å². The highest BCUT2D eigenvalue weighted by atomic mass is 35.5. The molecule has 6 heteroatoms. The first-order valence-electron chi connectivity index (χ1n) is 6.32. The lowest BCUT2D eigenvalue weighted by molar-refractivity contribution is 0.625. The molecule has 0 atom stereocenters. The Morgan fingerprint density at radius 3 is 2.90 bits per heavy atom. The molecule has 1 N–H and O–H groups in total. The van der Waals surface area contributed by atoms with Crippen LogP contribution in [0.2, 0.25) is 5.02 Å². The third-order valence-electron chi connectivity index (χ3n) is 2.73. The fraction of sp³-hybridized carbons (Fsp3) is 0.286. The van der Waals surface area contributed by atoms with Gasteiger partial charge in [-0.15, -0.1) is 0 Å². The van der Waals surface area contributed by atoms with Crippen molar-refractivity contribution in [2.24, 2.45) is 0 Å². The fourth-order valence-corrected chi connectivity index (χ4v) is 2.09. The molecule has 0 spiro atoms. The fourth-order valence-electron chi connectivity index (χ4n) is 1.85. The van der Waals surface area contributed by atoms with Crippen molar-refractivity contribution < 1.29 is 4.39 Å². The molecule has 0 bridgehead atoms. The van der Waals surface area contributed by atoms with E-state index in [1.165, 1.54) is 12.1 Å². The summed E-state index contributed by atoms with van der Waals surface area (Å²) in [6, 6.07) is 6.46. The molecule has 0 saturated heterocycles. The van der Waals surface area contributed by atoms with Crippen molar-refractivity contribution >= 4 is 23.4 Å². The number of nitrogens with zero attached hydrogens (tertiary/aromatic N) is 3. The van der Waals surface area contributed by atoms with Gasteiger partial charge in [0.05, 0.1) is 6.20 Å². The monoisotopic (exact) mass is 294 g/mol. The van der Waals surface area contributed by atoms with Crippen LogP contribution in [0.3, 0.4) is 0 Å². The SMILES string of the molecule is CCNc1ncc(Cl)c(N(C)Cc2cccc(F)c2)n1. The average Bonchev–Trinajstić information content (AvgIpc) is 2.41. The molecule has 2 rings (SSSR count). The summed E-state index contributed by atoms with van der Waals surface area (Å²) in [7, 11) is 1.86. The summed E-state index contributed by atoms with van der Waals surface area (Å²) in [5.74, 6) is 0.887. The van der Waals surface area contributed by atoms with E-state index in [-0.39, 0.29) is 5.82 Å². The second kappa shape index (κ2) is 6.52. The van der Waals surface area contributed by atoms with Gasteiger partial charge < -0.3 is 10.2 Å². The molecule has 0 aliphatic heterocycles. The summed E-state index contributed by atoms with van der Waals surface area (Å²) >= 11 is 6.12. The maximum absolute atomic E-state index is 13.2. The Kier molecular flexibility index (Phi) is 4.74. The third-order valence-corrected chi connectivity index (χ3v) is 3.00. The Bertz CT molecular complexity index is 591. The van der Waals surface area contributed by atoms with Crippen molar-refractivity contribution in [2.75, 3.05) is 23.8 Å². The summed E-state index contributed by atoms with van der Waals surface area (Å²) in [6.07, 6.45) is 1.56. The molecule has 0 fully saturated rings. The second-order valence-corrected chi connectivity index (χ2v) is 4.79. The number of hydrogen-bond donors (Lipinski definition) is 1. The molecule has 0 saturated carbocycles. The summed E-state index contributed by atoms with van der Waals surface area (Å²) in [5, 5.41) is 3.50. The lowest BCUT2D eigenvalue weighted by atomic mass is 10.2. The van der Waals surface area contributed by atoms with Crippen molar-refractivity contribution in [3.63, 3.8) is 0 Å². The van der Waals surface area contributed by atoms with Crippen LogP contribution in [0.25, 0.3) is 0 Å². The number of aromatic nitrogens is 2. The molecule has 0 amide bonds. The molecule has 0 unspecified atom stereocenters. The van der Waals surface area contributed by atoms with Gasteiger partial charge >= 0.3 is 0 Å². The predicted octanol–water partition coefficient (Wildman–Crippen LogP) is 3.34. The number of hydrogen-bond acceptors (Lipinski definition) is 4. The minimum Gasteiger partial charge on any atom is -0.354 e. The van der Waals surface area contributed by atoms with Gasteiger partial charge in [-0.2, -0.15) is 4.98 Å². The van der Waals surface area contributed by atoms with Gasteiger partial charge in [-0.25, -0.2) is 9.37 Å². The first kappa shape index (κ1) is 14.5. The average molecular weight is 295 g/mol. The van der Waals surface area contributed by atoms with Crippen molar-refractivity contribution in [3.8, 4) is 0 Å². The number of nitrogens with one attached hydrogen (secondary N) is 1. The van der Waals surface area contributed by atoms with Gasteiger partial charge in [-0.3, -0.25) is 0 Å². The lowest BCUT2D eigenvalue weighted by Crippen LogP contribution is -2.19. The molecular weight excluding hydrogens is 279 g/mol. The molecule has 0 radical (unpaired) electrons. The van der Waals surface area contributed by atoms with Gasteiger partial charge in [0.1, 0.15) is 10.8 Å². The standard InChI is InChI=1S/C14H16ClFN4/c1-3-17-14-18-8-12(15)13(19-14)20(2)9-10-5-4-6-11(16)7-10/h4-8H,3,9H2,1-2H3,(H,17,18,19). The van der Waals surface area contributed by atoms with Crippen LogP contribution in [-0.2, 0) is 6.54 Å². The van der Waals surface area contributed by atoms with Crippen LogP contribution in [-0.4, -0.2) is 23.6 Å². The van der Waals surface area contributed by atoms with E-state index in [2.05, 4.69) is 15.3 Å². The Balaban J connectivity index is 2.19. The number of rotatable bonds is 5. The van der Waals surface area contributed by atoms with E-state index in [1.807, 2.05) is 24.9 Å². The predicted molar refractivity (Wildman–Crippen MR) is 79.7 cm³/mol. The van der Waals surface area contributed by atoms with Crippen molar-refractivity contribution in [1.29, 1.82) is 0 Å². The third kappa shape index (κ3) is 3.57. The Hall–Kier alpha value is -1.88. The molecule has 1 aromatic heterocycles. The lowest BCUT2D eigenvalue weighted by Gasteiger charge is -2.20. The van der Waals surface area contributed by atoms with E-state index in [4.69, 9.17) is 11.6 Å². The minimum atomic E-state index is -0.252. The Labute approximate surface area is 122 Å². The van der Waals surface area contributed by atoms with Crippen LogP contribution in [0.5, 0.6) is 0 Å². The van der Waals surface area contributed by atoms with E-state index < -0.39 is 0 Å². The van der Waals surface area contributed by atoms with Crippen LogP contribution in [0.4, 0.5) is 16.2 Å². The molecule has 0 aliphatic rings. The number of anilines is 2. The molecule has 1 aromatic carbocycles. The Morgan fingerprint density at radius 1 is 1.40 bits per heavy atom. The summed E-state index contributed by atoms with van der Waals surface area (Å²) in [5.41, 5.74) is 0.854. The summed E-state index contributed by atoms with van der Waals surface area (Å²) in [4.78, 5) is 10.3. The first-order chi connectivity index (χ1) is 9.60. The molecule has 4 nitrogen and oxygen atoms in total. The highest BCUT2D eigenvalue weighted by Gasteiger charge is 2.11.